The third kappa shape index (κ3) is 6.25. The molecule has 1 N–H and O–H groups in total. The van der Waals surface area contributed by atoms with E-state index in [1.807, 2.05) is 70.1 Å². The maximum absolute atomic E-state index is 11.9. The Bertz CT molecular complexity index is 396. The summed E-state index contributed by atoms with van der Waals surface area (Å²) >= 11 is 0. The molecule has 0 heterocycles. The van der Waals surface area contributed by atoms with E-state index in [4.69, 9.17) is 4.74 Å². The number of rotatable bonds is 4. The molecule has 0 aliphatic carbocycles. The smallest absolute Gasteiger partial charge is 0.408 e. The van der Waals surface area contributed by atoms with Gasteiger partial charge in [0.1, 0.15) is 5.60 Å². The predicted octanol–water partition coefficient (Wildman–Crippen LogP) is 2.81. The molecule has 0 saturated carbocycles. The van der Waals surface area contributed by atoms with Crippen molar-refractivity contribution in [1.29, 1.82) is 0 Å². The van der Waals surface area contributed by atoms with E-state index in [-0.39, 0.29) is 12.1 Å². The normalized spacial score (nSPS) is 13.2. The number of amides is 1. The minimum Gasteiger partial charge on any atom is -0.444 e. The van der Waals surface area contributed by atoms with Crippen LogP contribution in [0.2, 0.25) is 0 Å². The van der Waals surface area contributed by atoms with E-state index in [1.54, 1.807) is 0 Å². The summed E-state index contributed by atoms with van der Waals surface area (Å²) in [5.74, 6) is 0. The summed E-state index contributed by atoms with van der Waals surface area (Å²) in [6.07, 6.45) is -0.386. The molecule has 4 heteroatoms. The number of hydrogen-bond acceptors (Lipinski definition) is 3. The fraction of sp³-hybridized carbons (Fsp3) is 0.533. The lowest BCUT2D eigenvalue weighted by atomic mass is 10.1. The monoisotopic (exact) mass is 264 g/mol. The number of nitrogens with zero attached hydrogens (tertiary/aromatic N) is 1. The topological polar surface area (TPSA) is 41.6 Å². The van der Waals surface area contributed by atoms with Crippen molar-refractivity contribution in [2.24, 2.45) is 0 Å². The second kappa shape index (κ2) is 6.57. The third-order valence-corrected chi connectivity index (χ3v) is 2.44. The van der Waals surface area contributed by atoms with Crippen molar-refractivity contribution in [3.05, 3.63) is 35.9 Å². The Balaban J connectivity index is 2.73. The first-order chi connectivity index (χ1) is 8.78. The number of alkyl carbamates (subject to hydrolysis) is 1. The van der Waals surface area contributed by atoms with Crippen molar-refractivity contribution in [3.63, 3.8) is 0 Å². The lowest BCUT2D eigenvalue weighted by molar-refractivity contribution is 0.0496. The van der Waals surface area contributed by atoms with Gasteiger partial charge < -0.3 is 15.0 Å². The van der Waals surface area contributed by atoms with Crippen molar-refractivity contribution < 1.29 is 9.53 Å². The van der Waals surface area contributed by atoms with E-state index in [0.29, 0.717) is 0 Å². The van der Waals surface area contributed by atoms with Gasteiger partial charge in [-0.1, -0.05) is 30.3 Å². The van der Waals surface area contributed by atoms with Crippen molar-refractivity contribution in [3.8, 4) is 0 Å². The summed E-state index contributed by atoms with van der Waals surface area (Å²) in [6.45, 7) is 6.30. The molecule has 0 radical (unpaired) electrons. The van der Waals surface area contributed by atoms with Gasteiger partial charge in [0.25, 0.3) is 0 Å². The molecule has 0 aliphatic rings. The summed E-state index contributed by atoms with van der Waals surface area (Å²) < 4.78 is 5.30. The van der Waals surface area contributed by atoms with Crippen LogP contribution < -0.4 is 5.32 Å². The quantitative estimate of drug-likeness (QED) is 0.909. The zero-order chi connectivity index (χ0) is 14.5. The molecule has 1 atom stereocenters. The highest BCUT2D eigenvalue weighted by Crippen LogP contribution is 2.15. The largest absolute Gasteiger partial charge is 0.444 e. The van der Waals surface area contributed by atoms with Crippen molar-refractivity contribution >= 4 is 6.09 Å². The Kier molecular flexibility index (Phi) is 5.36. The van der Waals surface area contributed by atoms with E-state index in [9.17, 15) is 4.79 Å². The Morgan fingerprint density at radius 1 is 1.26 bits per heavy atom. The molecule has 4 nitrogen and oxygen atoms in total. The molecular formula is C15H24N2O2. The maximum Gasteiger partial charge on any atom is 0.408 e. The van der Waals surface area contributed by atoms with Crippen molar-refractivity contribution in [1.82, 2.24) is 10.2 Å². The highest BCUT2D eigenvalue weighted by molar-refractivity contribution is 5.68. The molecule has 0 unspecified atom stereocenters. The Hall–Kier alpha value is -1.55. The highest BCUT2D eigenvalue weighted by Gasteiger charge is 2.20. The fourth-order valence-corrected chi connectivity index (χ4v) is 1.73. The van der Waals surface area contributed by atoms with Gasteiger partial charge in [0.2, 0.25) is 0 Å². The number of nitrogens with one attached hydrogen (secondary N) is 1. The maximum atomic E-state index is 11.9. The van der Waals surface area contributed by atoms with Gasteiger partial charge in [-0.2, -0.15) is 0 Å². The lowest BCUT2D eigenvalue weighted by Gasteiger charge is -2.25. The summed E-state index contributed by atoms with van der Waals surface area (Å²) in [6, 6.07) is 9.83. The van der Waals surface area contributed by atoms with Gasteiger partial charge in [0.15, 0.2) is 0 Å². The van der Waals surface area contributed by atoms with E-state index in [1.165, 1.54) is 0 Å². The molecule has 0 fully saturated rings. The van der Waals surface area contributed by atoms with Crippen LogP contribution in [0.3, 0.4) is 0 Å². The molecule has 106 valence electrons. The summed E-state index contributed by atoms with van der Waals surface area (Å²) in [4.78, 5) is 13.9. The number of likely N-dealkylation sites (N-methyl/N-ethyl adjacent to an activating group) is 1. The van der Waals surface area contributed by atoms with Crippen LogP contribution in [0.4, 0.5) is 4.79 Å². The number of carbonyl (C=O) groups is 1. The molecular weight excluding hydrogens is 240 g/mol. The molecule has 1 aromatic carbocycles. The molecule has 0 aliphatic heterocycles. The van der Waals surface area contributed by atoms with Gasteiger partial charge in [0, 0.05) is 6.54 Å². The van der Waals surface area contributed by atoms with Crippen LogP contribution in [0, 0.1) is 0 Å². The molecule has 1 rings (SSSR count). The van der Waals surface area contributed by atoms with E-state index in [2.05, 4.69) is 5.32 Å². The summed E-state index contributed by atoms with van der Waals surface area (Å²) in [5, 5.41) is 2.92. The van der Waals surface area contributed by atoms with Gasteiger partial charge in [-0.15, -0.1) is 0 Å². The van der Waals surface area contributed by atoms with Crippen LogP contribution >= 0.6 is 0 Å². The van der Waals surface area contributed by atoms with Gasteiger partial charge in [-0.25, -0.2) is 4.79 Å². The Labute approximate surface area is 115 Å². The van der Waals surface area contributed by atoms with Gasteiger partial charge >= 0.3 is 6.09 Å². The minimum atomic E-state index is -0.483. The third-order valence-electron chi connectivity index (χ3n) is 2.44. The van der Waals surface area contributed by atoms with Crippen LogP contribution in [0.25, 0.3) is 0 Å². The van der Waals surface area contributed by atoms with Crippen LogP contribution in [-0.4, -0.2) is 37.2 Å². The first kappa shape index (κ1) is 15.5. The minimum absolute atomic E-state index is 0.0777. The first-order valence-electron chi connectivity index (χ1n) is 6.47. The van der Waals surface area contributed by atoms with E-state index >= 15 is 0 Å². The number of ether oxygens (including phenoxy) is 1. The molecule has 0 aromatic heterocycles. The van der Waals surface area contributed by atoms with Crippen LogP contribution in [-0.2, 0) is 4.74 Å². The standard InChI is InChI=1S/C15H24N2O2/c1-15(2,3)19-14(18)16-13(11-17(4)5)12-9-7-6-8-10-12/h6-10,13H,11H2,1-5H3,(H,16,18)/t13-/m1/s1. The highest BCUT2D eigenvalue weighted by atomic mass is 16.6. The van der Waals surface area contributed by atoms with E-state index in [0.717, 1.165) is 12.1 Å². The van der Waals surface area contributed by atoms with Crippen molar-refractivity contribution in [2.75, 3.05) is 20.6 Å². The number of benzene rings is 1. The zero-order valence-corrected chi connectivity index (χ0v) is 12.4. The predicted molar refractivity (Wildman–Crippen MR) is 77.1 cm³/mol. The second-order valence-corrected chi connectivity index (χ2v) is 5.87. The molecule has 0 saturated heterocycles. The Morgan fingerprint density at radius 3 is 2.32 bits per heavy atom. The van der Waals surface area contributed by atoms with Crippen molar-refractivity contribution in [2.45, 2.75) is 32.4 Å². The summed E-state index contributed by atoms with van der Waals surface area (Å²) in [5.41, 5.74) is 0.589. The van der Waals surface area contributed by atoms with Crippen LogP contribution in [0.5, 0.6) is 0 Å². The average molecular weight is 264 g/mol. The first-order valence-corrected chi connectivity index (χ1v) is 6.47. The molecule has 0 bridgehead atoms. The SMILES string of the molecule is CN(C)C[C@@H](NC(=O)OC(C)(C)C)c1ccccc1. The second-order valence-electron chi connectivity index (χ2n) is 5.87. The molecule has 1 amide bonds. The molecule has 19 heavy (non-hydrogen) atoms. The van der Waals surface area contributed by atoms with Crippen LogP contribution in [0.15, 0.2) is 30.3 Å². The lowest BCUT2D eigenvalue weighted by Crippen LogP contribution is -2.38. The molecule has 0 spiro atoms. The van der Waals surface area contributed by atoms with Gasteiger partial charge in [0.05, 0.1) is 6.04 Å². The average Bonchev–Trinajstić information content (AvgIpc) is 2.26. The number of hydrogen-bond donors (Lipinski definition) is 1. The summed E-state index contributed by atoms with van der Waals surface area (Å²) in [7, 11) is 3.96. The van der Waals surface area contributed by atoms with E-state index < -0.39 is 5.60 Å². The number of carbonyl (C=O) groups excluding carboxylic acids is 1. The van der Waals surface area contributed by atoms with Gasteiger partial charge in [-0.3, -0.25) is 0 Å². The molecule has 1 aromatic rings. The Morgan fingerprint density at radius 2 is 1.84 bits per heavy atom. The fourth-order valence-electron chi connectivity index (χ4n) is 1.73. The van der Waals surface area contributed by atoms with Crippen LogP contribution in [0.1, 0.15) is 32.4 Å². The van der Waals surface area contributed by atoms with Gasteiger partial charge in [-0.05, 0) is 40.4 Å². The zero-order valence-electron chi connectivity index (χ0n) is 12.4.